The van der Waals surface area contributed by atoms with E-state index in [1.165, 1.54) is 11.0 Å². The van der Waals surface area contributed by atoms with Crippen LogP contribution in [0.4, 0.5) is 4.39 Å². The molecule has 3 N–H and O–H groups in total. The van der Waals surface area contributed by atoms with Gasteiger partial charge in [-0.3, -0.25) is 14.5 Å². The zero-order chi connectivity index (χ0) is 21.8. The summed E-state index contributed by atoms with van der Waals surface area (Å²) in [5, 5.41) is 3.01. The van der Waals surface area contributed by atoms with Crippen LogP contribution in [0.2, 0.25) is 0 Å². The Kier molecular flexibility index (Phi) is 4.78. The van der Waals surface area contributed by atoms with Gasteiger partial charge >= 0.3 is 0 Å². The van der Waals surface area contributed by atoms with Crippen LogP contribution in [-0.4, -0.2) is 40.4 Å². The third-order valence-electron chi connectivity index (χ3n) is 6.01. The lowest BCUT2D eigenvalue weighted by Gasteiger charge is -2.38. The van der Waals surface area contributed by atoms with Crippen LogP contribution in [-0.2, 0) is 9.59 Å². The number of fused-ring (bicyclic) bond motifs is 1. The lowest BCUT2D eigenvalue weighted by Crippen LogP contribution is -2.50. The fourth-order valence-corrected chi connectivity index (χ4v) is 4.48. The van der Waals surface area contributed by atoms with Gasteiger partial charge in [-0.25, -0.2) is 9.38 Å². The Morgan fingerprint density at radius 2 is 2.10 bits per heavy atom. The summed E-state index contributed by atoms with van der Waals surface area (Å²) in [5.74, 6) is -0.0958. The number of halogens is 1. The summed E-state index contributed by atoms with van der Waals surface area (Å²) >= 11 is 0. The second-order valence-electron chi connectivity index (χ2n) is 9.84. The Labute approximate surface area is 175 Å². The van der Waals surface area contributed by atoms with Gasteiger partial charge in [0, 0.05) is 18.9 Å². The van der Waals surface area contributed by atoms with E-state index in [9.17, 15) is 14.0 Å². The maximum atomic E-state index is 14.5. The van der Waals surface area contributed by atoms with Gasteiger partial charge in [0.15, 0.2) is 5.96 Å². The highest BCUT2D eigenvalue weighted by Crippen LogP contribution is 2.44. The second kappa shape index (κ2) is 6.96. The van der Waals surface area contributed by atoms with E-state index < -0.39 is 17.2 Å². The molecule has 2 aliphatic heterocycles. The number of guanidine groups is 1. The molecule has 162 valence electrons. The molecule has 1 aromatic carbocycles. The Hall–Kier alpha value is -2.64. The second-order valence-corrected chi connectivity index (χ2v) is 9.84. The summed E-state index contributed by atoms with van der Waals surface area (Å²) in [6, 6.07) is 4.26. The molecule has 3 atom stereocenters. The van der Waals surface area contributed by atoms with Crippen LogP contribution in [0, 0.1) is 17.7 Å². The summed E-state index contributed by atoms with van der Waals surface area (Å²) in [6.45, 7) is 7.97. The predicted molar refractivity (Wildman–Crippen MR) is 110 cm³/mol. The van der Waals surface area contributed by atoms with Crippen molar-refractivity contribution in [2.45, 2.75) is 64.1 Å². The van der Waals surface area contributed by atoms with Crippen LogP contribution < -0.4 is 15.8 Å². The Bertz CT molecular complexity index is 927. The SMILES string of the molecule is CC1(C)CC(=O)N(CC2CC2C(=O)N[C@H]2CC(C)(C)Oc3cccc(F)c32)C(N)=N1. The quantitative estimate of drug-likeness (QED) is 0.788. The van der Waals surface area contributed by atoms with Crippen LogP contribution >= 0.6 is 0 Å². The third kappa shape index (κ3) is 4.00. The average Bonchev–Trinajstić information content (AvgIpc) is 3.35. The highest BCUT2D eigenvalue weighted by molar-refractivity contribution is 5.99. The van der Waals surface area contributed by atoms with Gasteiger partial charge in [0.25, 0.3) is 0 Å². The van der Waals surface area contributed by atoms with Gasteiger partial charge in [0.2, 0.25) is 11.8 Å². The van der Waals surface area contributed by atoms with Gasteiger partial charge in [-0.2, -0.15) is 0 Å². The number of ether oxygens (including phenoxy) is 1. The summed E-state index contributed by atoms with van der Waals surface area (Å²) in [5.41, 5.74) is 5.38. The highest BCUT2D eigenvalue weighted by Gasteiger charge is 2.47. The van der Waals surface area contributed by atoms with Crippen molar-refractivity contribution in [3.8, 4) is 5.75 Å². The third-order valence-corrected chi connectivity index (χ3v) is 6.01. The van der Waals surface area contributed by atoms with Crippen LogP contribution in [0.15, 0.2) is 23.2 Å². The van der Waals surface area contributed by atoms with E-state index in [1.54, 1.807) is 12.1 Å². The largest absolute Gasteiger partial charge is 0.487 e. The summed E-state index contributed by atoms with van der Waals surface area (Å²) in [6.07, 6.45) is 1.44. The van der Waals surface area contributed by atoms with E-state index in [4.69, 9.17) is 10.5 Å². The monoisotopic (exact) mass is 416 g/mol. The molecular formula is C22H29FN4O3. The molecule has 30 heavy (non-hydrogen) atoms. The fraction of sp³-hybridized carbons (Fsp3) is 0.591. The fourth-order valence-electron chi connectivity index (χ4n) is 4.48. The van der Waals surface area contributed by atoms with Crippen molar-refractivity contribution in [2.24, 2.45) is 22.6 Å². The van der Waals surface area contributed by atoms with Gasteiger partial charge < -0.3 is 15.8 Å². The molecule has 1 saturated carbocycles. The number of nitrogens with one attached hydrogen (secondary N) is 1. The van der Waals surface area contributed by atoms with Crippen LogP contribution in [0.25, 0.3) is 0 Å². The first-order valence-electron chi connectivity index (χ1n) is 10.4. The summed E-state index contributed by atoms with van der Waals surface area (Å²) in [4.78, 5) is 31.2. The number of carbonyl (C=O) groups is 2. The van der Waals surface area contributed by atoms with E-state index in [0.29, 0.717) is 37.1 Å². The van der Waals surface area contributed by atoms with Crippen molar-refractivity contribution in [1.29, 1.82) is 0 Å². The molecule has 0 radical (unpaired) electrons. The topological polar surface area (TPSA) is 97.0 Å². The molecule has 3 aliphatic rings. The molecule has 2 unspecified atom stereocenters. The number of nitrogens with zero attached hydrogens (tertiary/aromatic N) is 2. The highest BCUT2D eigenvalue weighted by atomic mass is 19.1. The normalized spacial score (nSPS) is 28.8. The van der Waals surface area contributed by atoms with Gasteiger partial charge in [-0.1, -0.05) is 6.07 Å². The van der Waals surface area contributed by atoms with Crippen molar-refractivity contribution in [3.63, 3.8) is 0 Å². The first-order valence-corrected chi connectivity index (χ1v) is 10.4. The maximum Gasteiger partial charge on any atom is 0.231 e. The summed E-state index contributed by atoms with van der Waals surface area (Å²) in [7, 11) is 0. The van der Waals surface area contributed by atoms with E-state index in [-0.39, 0.29) is 35.4 Å². The summed E-state index contributed by atoms with van der Waals surface area (Å²) < 4.78 is 20.4. The van der Waals surface area contributed by atoms with Crippen LogP contribution in [0.5, 0.6) is 5.75 Å². The number of rotatable bonds is 4. The van der Waals surface area contributed by atoms with Crippen molar-refractivity contribution in [3.05, 3.63) is 29.6 Å². The van der Waals surface area contributed by atoms with Crippen molar-refractivity contribution in [2.75, 3.05) is 6.54 Å². The zero-order valence-electron chi connectivity index (χ0n) is 17.9. The van der Waals surface area contributed by atoms with Gasteiger partial charge in [-0.05, 0) is 52.2 Å². The zero-order valence-corrected chi connectivity index (χ0v) is 17.9. The number of carbonyl (C=O) groups excluding carboxylic acids is 2. The van der Waals surface area contributed by atoms with Crippen molar-refractivity contribution < 1.29 is 18.7 Å². The number of benzene rings is 1. The van der Waals surface area contributed by atoms with Crippen molar-refractivity contribution in [1.82, 2.24) is 10.2 Å². The molecule has 1 aliphatic carbocycles. The molecule has 2 amide bonds. The maximum absolute atomic E-state index is 14.5. The minimum absolute atomic E-state index is 0.0249. The van der Waals surface area contributed by atoms with E-state index in [2.05, 4.69) is 10.3 Å². The number of aliphatic imine (C=N–C) groups is 1. The molecule has 4 rings (SSSR count). The molecule has 2 heterocycles. The number of hydrogen-bond donors (Lipinski definition) is 2. The lowest BCUT2D eigenvalue weighted by atomic mass is 9.89. The molecular weight excluding hydrogens is 387 g/mol. The van der Waals surface area contributed by atoms with Crippen LogP contribution in [0.1, 0.15) is 58.6 Å². The van der Waals surface area contributed by atoms with Crippen molar-refractivity contribution >= 4 is 17.8 Å². The number of hydrogen-bond acceptors (Lipinski definition) is 5. The average molecular weight is 416 g/mol. The Morgan fingerprint density at radius 1 is 1.37 bits per heavy atom. The molecule has 1 fully saturated rings. The minimum atomic E-state index is -0.514. The first-order chi connectivity index (χ1) is 14.0. The molecule has 0 aromatic heterocycles. The number of nitrogens with two attached hydrogens (primary N) is 1. The standard InChI is InChI=1S/C22H29FN4O3/c1-21(2)10-17(28)27(20(24)26-21)11-12-8-13(12)19(29)25-15-9-22(3,4)30-16-7-5-6-14(23)18(15)16/h5-7,12-13,15H,8-11H2,1-4H3,(H2,24,26)(H,25,29)/t12?,13?,15-/m0/s1. The molecule has 7 nitrogen and oxygen atoms in total. The van der Waals surface area contributed by atoms with Gasteiger partial charge in [0.1, 0.15) is 17.2 Å². The lowest BCUT2D eigenvalue weighted by molar-refractivity contribution is -0.130. The predicted octanol–water partition coefficient (Wildman–Crippen LogP) is 2.51. The number of amides is 2. The molecule has 1 aromatic rings. The first kappa shape index (κ1) is 20.6. The molecule has 0 bridgehead atoms. The van der Waals surface area contributed by atoms with E-state index >= 15 is 0 Å². The van der Waals surface area contributed by atoms with E-state index in [0.717, 1.165) is 0 Å². The Morgan fingerprint density at radius 3 is 2.80 bits per heavy atom. The van der Waals surface area contributed by atoms with Crippen LogP contribution in [0.3, 0.4) is 0 Å². The van der Waals surface area contributed by atoms with Gasteiger partial charge in [-0.15, -0.1) is 0 Å². The smallest absolute Gasteiger partial charge is 0.231 e. The molecule has 0 spiro atoms. The molecule has 8 heteroatoms. The molecule has 0 saturated heterocycles. The Balaban J connectivity index is 1.42. The van der Waals surface area contributed by atoms with E-state index in [1.807, 2.05) is 27.7 Å². The van der Waals surface area contributed by atoms with Gasteiger partial charge in [0.05, 0.1) is 23.6 Å². The minimum Gasteiger partial charge on any atom is -0.487 e.